The molecule has 1 aliphatic heterocycles. The lowest BCUT2D eigenvalue weighted by atomic mass is 10.1. The van der Waals surface area contributed by atoms with Gasteiger partial charge in [0.2, 0.25) is 0 Å². The van der Waals surface area contributed by atoms with Crippen LogP contribution in [0.25, 0.3) is 0 Å². The first-order valence-corrected chi connectivity index (χ1v) is 8.53. The van der Waals surface area contributed by atoms with Gasteiger partial charge in [-0.15, -0.1) is 0 Å². The van der Waals surface area contributed by atoms with Crippen molar-refractivity contribution in [3.05, 3.63) is 23.6 Å². The Hall–Kier alpha value is -1.70. The summed E-state index contributed by atoms with van der Waals surface area (Å²) >= 11 is 0. The zero-order chi connectivity index (χ0) is 15.6. The average Bonchev–Trinajstić information content (AvgIpc) is 2.79. The molecule has 0 radical (unpaired) electrons. The van der Waals surface area contributed by atoms with Crippen LogP contribution < -0.4 is 5.32 Å². The third kappa shape index (κ3) is 3.49. The number of pyridine rings is 1. The normalized spacial score (nSPS) is 20.2. The summed E-state index contributed by atoms with van der Waals surface area (Å²) in [4.78, 5) is 17.7. The fourth-order valence-corrected chi connectivity index (χ4v) is 4.12. The predicted molar refractivity (Wildman–Crippen MR) is 77.5 cm³/mol. The van der Waals surface area contributed by atoms with Crippen LogP contribution in [0.3, 0.4) is 0 Å². The fraction of sp³-hybridized carbons (Fsp3) is 0.538. The molecule has 0 saturated carbocycles. The number of carbonyl (C=O) groups excluding carboxylic acids is 1. The van der Waals surface area contributed by atoms with E-state index in [1.807, 2.05) is 6.92 Å². The standard InChI is InChI=1S/C13H18FN3O3S/c1-3-15-12-11(6-9(14)7-16-12)13(18)17(2)10-4-5-21(19,20)8-10/h6-7,10H,3-5,8H2,1-2H3,(H,15,16). The molecular weight excluding hydrogens is 297 g/mol. The van der Waals surface area contributed by atoms with E-state index in [0.29, 0.717) is 18.8 Å². The molecule has 8 heteroatoms. The number of sulfone groups is 1. The topological polar surface area (TPSA) is 79.4 Å². The second-order valence-electron chi connectivity index (χ2n) is 5.05. The van der Waals surface area contributed by atoms with Gasteiger partial charge in [0.15, 0.2) is 9.84 Å². The van der Waals surface area contributed by atoms with Crippen LogP contribution in [-0.4, -0.2) is 55.3 Å². The molecule has 6 nitrogen and oxygen atoms in total. The highest BCUT2D eigenvalue weighted by Gasteiger charge is 2.33. The number of anilines is 1. The minimum Gasteiger partial charge on any atom is -0.370 e. The van der Waals surface area contributed by atoms with Gasteiger partial charge in [-0.3, -0.25) is 4.79 Å². The molecule has 1 atom stereocenters. The number of amides is 1. The van der Waals surface area contributed by atoms with E-state index in [9.17, 15) is 17.6 Å². The molecule has 1 amide bonds. The van der Waals surface area contributed by atoms with Crippen molar-refractivity contribution in [1.29, 1.82) is 0 Å². The largest absolute Gasteiger partial charge is 0.370 e. The minimum absolute atomic E-state index is 0.0471. The quantitative estimate of drug-likeness (QED) is 0.893. The number of hydrogen-bond donors (Lipinski definition) is 1. The minimum atomic E-state index is -3.08. The molecule has 2 rings (SSSR count). The van der Waals surface area contributed by atoms with Gasteiger partial charge in [0, 0.05) is 19.6 Å². The van der Waals surface area contributed by atoms with E-state index >= 15 is 0 Å². The fourth-order valence-electron chi connectivity index (χ4n) is 2.35. The Kier molecular flexibility index (Phi) is 4.46. The van der Waals surface area contributed by atoms with Crippen LogP contribution in [0.2, 0.25) is 0 Å². The van der Waals surface area contributed by atoms with Gasteiger partial charge in [0.1, 0.15) is 11.6 Å². The van der Waals surface area contributed by atoms with E-state index in [1.54, 1.807) is 0 Å². The second-order valence-corrected chi connectivity index (χ2v) is 7.28. The summed E-state index contributed by atoms with van der Waals surface area (Å²) in [5.74, 6) is -0.699. The van der Waals surface area contributed by atoms with E-state index < -0.39 is 21.6 Å². The lowest BCUT2D eigenvalue weighted by Gasteiger charge is -2.24. The first-order chi connectivity index (χ1) is 9.84. The molecule has 2 heterocycles. The number of rotatable bonds is 4. The molecule has 1 N–H and O–H groups in total. The van der Waals surface area contributed by atoms with Crippen LogP contribution in [-0.2, 0) is 9.84 Å². The van der Waals surface area contributed by atoms with E-state index in [0.717, 1.165) is 12.3 Å². The summed E-state index contributed by atoms with van der Waals surface area (Å²) in [7, 11) is -1.55. The van der Waals surface area contributed by atoms with Crippen LogP contribution in [0.15, 0.2) is 12.3 Å². The predicted octanol–water partition coefficient (Wildman–Crippen LogP) is 0.912. The van der Waals surface area contributed by atoms with Crippen molar-refractivity contribution in [2.24, 2.45) is 0 Å². The highest BCUT2D eigenvalue weighted by Crippen LogP contribution is 2.21. The highest BCUT2D eigenvalue weighted by atomic mass is 32.2. The highest BCUT2D eigenvalue weighted by molar-refractivity contribution is 7.91. The summed E-state index contributed by atoms with van der Waals surface area (Å²) in [6.07, 6.45) is 1.44. The summed E-state index contributed by atoms with van der Waals surface area (Å²) in [5.41, 5.74) is 0.114. The Morgan fingerprint density at radius 1 is 1.57 bits per heavy atom. The molecule has 21 heavy (non-hydrogen) atoms. The number of hydrogen-bond acceptors (Lipinski definition) is 5. The molecular formula is C13H18FN3O3S. The number of carbonyl (C=O) groups is 1. The summed E-state index contributed by atoms with van der Waals surface area (Å²) in [5, 5.41) is 2.90. The Balaban J connectivity index is 2.25. The summed E-state index contributed by atoms with van der Waals surface area (Å²) in [6.45, 7) is 2.38. The van der Waals surface area contributed by atoms with Crippen LogP contribution in [0, 0.1) is 5.82 Å². The molecule has 116 valence electrons. The maximum Gasteiger partial charge on any atom is 0.257 e. The Morgan fingerprint density at radius 2 is 2.29 bits per heavy atom. The lowest BCUT2D eigenvalue weighted by Crippen LogP contribution is -2.38. The molecule has 0 aromatic carbocycles. The molecule has 0 spiro atoms. The Bertz CT molecular complexity index is 648. The van der Waals surface area contributed by atoms with Gasteiger partial charge in [0.25, 0.3) is 5.91 Å². The van der Waals surface area contributed by atoms with Gasteiger partial charge >= 0.3 is 0 Å². The van der Waals surface area contributed by atoms with Crippen LogP contribution in [0.5, 0.6) is 0 Å². The second kappa shape index (κ2) is 5.97. The van der Waals surface area contributed by atoms with E-state index in [-0.39, 0.29) is 23.1 Å². The van der Waals surface area contributed by atoms with Crippen molar-refractivity contribution >= 4 is 21.6 Å². The molecule has 0 bridgehead atoms. The van der Waals surface area contributed by atoms with Crippen molar-refractivity contribution in [2.45, 2.75) is 19.4 Å². The number of halogens is 1. The monoisotopic (exact) mass is 315 g/mol. The van der Waals surface area contributed by atoms with Gasteiger partial charge in [-0.05, 0) is 19.4 Å². The molecule has 1 fully saturated rings. The van der Waals surface area contributed by atoms with Crippen LogP contribution >= 0.6 is 0 Å². The molecule has 1 unspecified atom stereocenters. The zero-order valence-corrected chi connectivity index (χ0v) is 12.8. The summed E-state index contributed by atoms with van der Waals surface area (Å²) in [6, 6.07) is 0.744. The third-order valence-electron chi connectivity index (χ3n) is 3.51. The lowest BCUT2D eigenvalue weighted by molar-refractivity contribution is 0.0748. The van der Waals surface area contributed by atoms with Crippen LogP contribution in [0.1, 0.15) is 23.7 Å². The number of nitrogens with zero attached hydrogens (tertiary/aromatic N) is 2. The average molecular weight is 315 g/mol. The van der Waals surface area contributed by atoms with E-state index in [1.165, 1.54) is 11.9 Å². The summed E-state index contributed by atoms with van der Waals surface area (Å²) < 4.78 is 36.4. The van der Waals surface area contributed by atoms with Crippen LogP contribution in [0.4, 0.5) is 10.2 Å². The van der Waals surface area contributed by atoms with E-state index in [4.69, 9.17) is 0 Å². The van der Waals surface area contributed by atoms with Gasteiger partial charge in [-0.1, -0.05) is 0 Å². The molecule has 1 saturated heterocycles. The molecule has 1 aromatic rings. The number of nitrogens with one attached hydrogen (secondary N) is 1. The Labute approximate surface area is 123 Å². The number of aromatic nitrogens is 1. The molecule has 0 aliphatic carbocycles. The van der Waals surface area contributed by atoms with Gasteiger partial charge in [-0.2, -0.15) is 0 Å². The molecule has 1 aromatic heterocycles. The van der Waals surface area contributed by atoms with E-state index in [2.05, 4.69) is 10.3 Å². The van der Waals surface area contributed by atoms with Crippen molar-refractivity contribution < 1.29 is 17.6 Å². The third-order valence-corrected chi connectivity index (χ3v) is 5.26. The van der Waals surface area contributed by atoms with Gasteiger partial charge in [-0.25, -0.2) is 17.8 Å². The van der Waals surface area contributed by atoms with Gasteiger partial charge < -0.3 is 10.2 Å². The van der Waals surface area contributed by atoms with Crippen molar-refractivity contribution in [3.8, 4) is 0 Å². The smallest absolute Gasteiger partial charge is 0.257 e. The maximum atomic E-state index is 13.4. The van der Waals surface area contributed by atoms with Crippen molar-refractivity contribution in [1.82, 2.24) is 9.88 Å². The molecule has 1 aliphatic rings. The maximum absolute atomic E-state index is 13.4. The SMILES string of the molecule is CCNc1ncc(F)cc1C(=O)N(C)C1CCS(=O)(=O)C1. The first-order valence-electron chi connectivity index (χ1n) is 6.71. The van der Waals surface area contributed by atoms with Gasteiger partial charge in [0.05, 0.1) is 23.3 Å². The first kappa shape index (κ1) is 15.7. The van der Waals surface area contributed by atoms with Crippen molar-refractivity contribution in [3.63, 3.8) is 0 Å². The zero-order valence-electron chi connectivity index (χ0n) is 12.0. The van der Waals surface area contributed by atoms with Crippen molar-refractivity contribution in [2.75, 3.05) is 30.4 Å². The Morgan fingerprint density at radius 3 is 2.86 bits per heavy atom.